The highest BCUT2D eigenvalue weighted by Crippen LogP contribution is 2.23. The van der Waals surface area contributed by atoms with Gasteiger partial charge in [0.1, 0.15) is 5.75 Å². The second kappa shape index (κ2) is 6.12. The Morgan fingerprint density at radius 2 is 1.80 bits per heavy atom. The monoisotopic (exact) mass is 272 g/mol. The van der Waals surface area contributed by atoms with Gasteiger partial charge in [0, 0.05) is 5.69 Å². The molecule has 1 heterocycles. The molecule has 0 spiro atoms. The van der Waals surface area contributed by atoms with Crippen LogP contribution in [0, 0.1) is 13.8 Å². The van der Waals surface area contributed by atoms with Gasteiger partial charge in [-0.2, -0.15) is 5.10 Å². The van der Waals surface area contributed by atoms with Gasteiger partial charge in [0.15, 0.2) is 0 Å². The minimum Gasteiger partial charge on any atom is -0.494 e. The van der Waals surface area contributed by atoms with Crippen molar-refractivity contribution in [2.45, 2.75) is 47.1 Å². The Labute approximate surface area is 121 Å². The average molecular weight is 272 g/mol. The predicted octanol–water partition coefficient (Wildman–Crippen LogP) is 4.07. The lowest BCUT2D eigenvalue weighted by Crippen LogP contribution is -2.04. The number of aromatic nitrogens is 2. The van der Waals surface area contributed by atoms with Crippen LogP contribution in [-0.2, 0) is 6.54 Å². The molecule has 2 rings (SSSR count). The second-order valence-corrected chi connectivity index (χ2v) is 5.47. The lowest BCUT2D eigenvalue weighted by atomic mass is 10.0. The molecule has 2 aromatic rings. The molecule has 1 aromatic carbocycles. The van der Waals surface area contributed by atoms with Gasteiger partial charge in [0.2, 0.25) is 0 Å². The summed E-state index contributed by atoms with van der Waals surface area (Å²) in [5, 5.41) is 4.67. The third-order valence-electron chi connectivity index (χ3n) is 3.58. The lowest BCUT2D eigenvalue weighted by molar-refractivity contribution is 0.340. The Kier molecular flexibility index (Phi) is 4.48. The van der Waals surface area contributed by atoms with Gasteiger partial charge in [0.25, 0.3) is 0 Å². The first-order valence-electron chi connectivity index (χ1n) is 7.28. The SMILES string of the molecule is CCOc1ccc(Cn2nc(C)c(C(C)C)c2C)cc1. The smallest absolute Gasteiger partial charge is 0.119 e. The Bertz CT molecular complexity index is 567. The Hall–Kier alpha value is -1.77. The summed E-state index contributed by atoms with van der Waals surface area (Å²) in [6.45, 7) is 12.2. The maximum Gasteiger partial charge on any atom is 0.119 e. The highest BCUT2D eigenvalue weighted by Gasteiger charge is 2.14. The molecule has 0 aliphatic heterocycles. The van der Waals surface area contributed by atoms with Crippen LogP contribution in [0.3, 0.4) is 0 Å². The summed E-state index contributed by atoms with van der Waals surface area (Å²) < 4.78 is 7.56. The third-order valence-corrected chi connectivity index (χ3v) is 3.58. The molecule has 3 nitrogen and oxygen atoms in total. The van der Waals surface area contributed by atoms with Crippen molar-refractivity contribution in [2.75, 3.05) is 6.61 Å². The van der Waals surface area contributed by atoms with Gasteiger partial charge in [-0.25, -0.2) is 0 Å². The van der Waals surface area contributed by atoms with Crippen molar-refractivity contribution in [1.29, 1.82) is 0 Å². The van der Waals surface area contributed by atoms with Gasteiger partial charge in [-0.3, -0.25) is 4.68 Å². The number of rotatable bonds is 5. The van der Waals surface area contributed by atoms with Crippen LogP contribution in [0.5, 0.6) is 5.75 Å². The van der Waals surface area contributed by atoms with Crippen molar-refractivity contribution in [3.05, 3.63) is 46.8 Å². The summed E-state index contributed by atoms with van der Waals surface area (Å²) in [4.78, 5) is 0. The summed E-state index contributed by atoms with van der Waals surface area (Å²) in [6, 6.07) is 8.26. The van der Waals surface area contributed by atoms with Gasteiger partial charge in [0.05, 0.1) is 18.8 Å². The standard InChI is InChI=1S/C17H24N2O/c1-6-20-16-9-7-15(8-10-16)11-19-14(5)17(12(2)3)13(4)18-19/h7-10,12H,6,11H2,1-5H3. The molecule has 0 amide bonds. The molecule has 20 heavy (non-hydrogen) atoms. The predicted molar refractivity (Wildman–Crippen MR) is 82.5 cm³/mol. The molecule has 0 bridgehead atoms. The largest absolute Gasteiger partial charge is 0.494 e. The molecule has 0 radical (unpaired) electrons. The fourth-order valence-electron chi connectivity index (χ4n) is 2.73. The molecule has 3 heteroatoms. The fraction of sp³-hybridized carbons (Fsp3) is 0.471. The van der Waals surface area contributed by atoms with E-state index < -0.39 is 0 Å². The van der Waals surface area contributed by atoms with Crippen molar-refractivity contribution in [1.82, 2.24) is 9.78 Å². The molecule has 0 aliphatic carbocycles. The van der Waals surface area contributed by atoms with Crippen LogP contribution in [0.1, 0.15) is 49.2 Å². The van der Waals surface area contributed by atoms with Crippen molar-refractivity contribution in [3.8, 4) is 5.75 Å². The van der Waals surface area contributed by atoms with Gasteiger partial charge >= 0.3 is 0 Å². The van der Waals surface area contributed by atoms with Gasteiger partial charge in [-0.15, -0.1) is 0 Å². The van der Waals surface area contributed by atoms with Gasteiger partial charge in [-0.1, -0.05) is 26.0 Å². The third kappa shape index (κ3) is 3.03. The number of benzene rings is 1. The van der Waals surface area contributed by atoms with E-state index >= 15 is 0 Å². The molecule has 0 atom stereocenters. The summed E-state index contributed by atoms with van der Waals surface area (Å²) in [5.74, 6) is 1.44. The minimum absolute atomic E-state index is 0.518. The quantitative estimate of drug-likeness (QED) is 0.820. The van der Waals surface area contributed by atoms with Crippen LogP contribution in [0.25, 0.3) is 0 Å². The van der Waals surface area contributed by atoms with Crippen LogP contribution < -0.4 is 4.74 Å². The molecule has 0 fully saturated rings. The van der Waals surface area contributed by atoms with E-state index in [0.717, 1.165) is 18.0 Å². The fourth-order valence-corrected chi connectivity index (χ4v) is 2.73. The Morgan fingerprint density at radius 3 is 2.30 bits per heavy atom. The first kappa shape index (κ1) is 14.6. The summed E-state index contributed by atoms with van der Waals surface area (Å²) in [7, 11) is 0. The van der Waals surface area contributed by atoms with E-state index in [4.69, 9.17) is 4.74 Å². The molecule has 108 valence electrons. The molecule has 0 saturated heterocycles. The van der Waals surface area contributed by atoms with Crippen LogP contribution >= 0.6 is 0 Å². The first-order chi connectivity index (χ1) is 9.52. The van der Waals surface area contributed by atoms with Crippen molar-refractivity contribution in [3.63, 3.8) is 0 Å². The van der Waals surface area contributed by atoms with Crippen LogP contribution in [0.4, 0.5) is 0 Å². The van der Waals surface area contributed by atoms with E-state index in [9.17, 15) is 0 Å². The van der Waals surface area contributed by atoms with Crippen molar-refractivity contribution in [2.24, 2.45) is 0 Å². The number of nitrogens with zero attached hydrogens (tertiary/aromatic N) is 2. The zero-order chi connectivity index (χ0) is 14.7. The molecule has 0 saturated carbocycles. The van der Waals surface area contributed by atoms with Crippen molar-refractivity contribution >= 4 is 0 Å². The maximum absolute atomic E-state index is 5.47. The van der Waals surface area contributed by atoms with E-state index in [1.165, 1.54) is 16.8 Å². The highest BCUT2D eigenvalue weighted by atomic mass is 16.5. The summed E-state index contributed by atoms with van der Waals surface area (Å²) >= 11 is 0. The molecular weight excluding hydrogens is 248 g/mol. The Balaban J connectivity index is 2.20. The second-order valence-electron chi connectivity index (χ2n) is 5.47. The topological polar surface area (TPSA) is 27.1 Å². The molecule has 1 aromatic heterocycles. The van der Waals surface area contributed by atoms with Crippen LogP contribution in [0.15, 0.2) is 24.3 Å². The van der Waals surface area contributed by atoms with E-state index in [1.807, 2.05) is 19.1 Å². The average Bonchev–Trinajstić information content (AvgIpc) is 2.67. The minimum atomic E-state index is 0.518. The highest BCUT2D eigenvalue weighted by molar-refractivity contribution is 5.30. The number of ether oxygens (including phenoxy) is 1. The number of hydrogen-bond acceptors (Lipinski definition) is 2. The van der Waals surface area contributed by atoms with Gasteiger partial charge < -0.3 is 4.74 Å². The normalized spacial score (nSPS) is 11.1. The molecule has 0 unspecified atom stereocenters. The molecule has 0 N–H and O–H groups in total. The lowest BCUT2D eigenvalue weighted by Gasteiger charge is -2.08. The number of hydrogen-bond donors (Lipinski definition) is 0. The molecular formula is C17H24N2O. The van der Waals surface area contributed by atoms with Gasteiger partial charge in [-0.05, 0) is 49.9 Å². The Morgan fingerprint density at radius 1 is 1.15 bits per heavy atom. The summed E-state index contributed by atoms with van der Waals surface area (Å²) in [6.07, 6.45) is 0. The van der Waals surface area contributed by atoms with Crippen LogP contribution in [-0.4, -0.2) is 16.4 Å². The van der Waals surface area contributed by atoms with Crippen molar-refractivity contribution < 1.29 is 4.74 Å². The van der Waals surface area contributed by atoms with E-state index in [2.05, 4.69) is 49.6 Å². The zero-order valence-electron chi connectivity index (χ0n) is 13.1. The zero-order valence-corrected chi connectivity index (χ0v) is 13.1. The van der Waals surface area contributed by atoms with E-state index in [0.29, 0.717) is 12.5 Å². The summed E-state index contributed by atoms with van der Waals surface area (Å²) in [5.41, 5.74) is 5.03. The van der Waals surface area contributed by atoms with E-state index in [1.54, 1.807) is 0 Å². The molecule has 0 aliphatic rings. The number of aryl methyl sites for hydroxylation is 1. The maximum atomic E-state index is 5.47. The first-order valence-corrected chi connectivity index (χ1v) is 7.28. The van der Waals surface area contributed by atoms with Crippen LogP contribution in [0.2, 0.25) is 0 Å². The van der Waals surface area contributed by atoms with E-state index in [-0.39, 0.29) is 0 Å².